The molecule has 0 saturated heterocycles. The zero-order valence-electron chi connectivity index (χ0n) is 11.2. The summed E-state index contributed by atoms with van der Waals surface area (Å²) >= 11 is 0. The van der Waals surface area contributed by atoms with Crippen molar-refractivity contribution in [1.82, 2.24) is 4.90 Å². The molecule has 0 aromatic carbocycles. The van der Waals surface area contributed by atoms with E-state index in [9.17, 15) is 4.79 Å². The maximum absolute atomic E-state index is 12.1. The molecule has 100 valence electrons. The van der Waals surface area contributed by atoms with Crippen LogP contribution in [0.15, 0.2) is 0 Å². The van der Waals surface area contributed by atoms with Crippen molar-refractivity contribution in [3.8, 4) is 0 Å². The van der Waals surface area contributed by atoms with Crippen LogP contribution in [0.4, 0.5) is 0 Å². The topological polar surface area (TPSA) is 55.6 Å². The number of carbonyl (C=O) groups is 1. The highest BCUT2D eigenvalue weighted by Crippen LogP contribution is 2.29. The van der Waals surface area contributed by atoms with Gasteiger partial charge in [-0.1, -0.05) is 6.42 Å². The fourth-order valence-corrected chi connectivity index (χ4v) is 2.81. The lowest BCUT2D eigenvalue weighted by Gasteiger charge is -2.32. The van der Waals surface area contributed by atoms with Gasteiger partial charge in [-0.3, -0.25) is 4.79 Å². The Morgan fingerprint density at radius 1 is 1.47 bits per heavy atom. The molecular weight excluding hydrogens is 216 g/mol. The van der Waals surface area contributed by atoms with Crippen molar-refractivity contribution in [2.45, 2.75) is 45.1 Å². The van der Waals surface area contributed by atoms with E-state index in [-0.39, 0.29) is 5.91 Å². The standard InChI is InChI=1S/C13H26N2O2/c1-3-15(13(16)8-5-9-17-2)12-7-4-6-11(12)10-14/h11-12H,3-10,14H2,1-2H3. The first-order valence-electron chi connectivity index (χ1n) is 6.73. The van der Waals surface area contributed by atoms with Gasteiger partial charge in [-0.25, -0.2) is 0 Å². The Hall–Kier alpha value is -0.610. The summed E-state index contributed by atoms with van der Waals surface area (Å²) in [7, 11) is 1.67. The van der Waals surface area contributed by atoms with E-state index in [4.69, 9.17) is 10.5 Å². The number of methoxy groups -OCH3 is 1. The van der Waals surface area contributed by atoms with Gasteiger partial charge in [-0.15, -0.1) is 0 Å². The van der Waals surface area contributed by atoms with Gasteiger partial charge in [0.15, 0.2) is 0 Å². The SMILES string of the molecule is CCN(C(=O)CCCOC)C1CCCC1CN. The number of hydrogen-bond acceptors (Lipinski definition) is 3. The minimum Gasteiger partial charge on any atom is -0.385 e. The van der Waals surface area contributed by atoms with Gasteiger partial charge in [-0.2, -0.15) is 0 Å². The Morgan fingerprint density at radius 2 is 2.24 bits per heavy atom. The van der Waals surface area contributed by atoms with E-state index in [0.717, 1.165) is 19.4 Å². The number of hydrogen-bond donors (Lipinski definition) is 1. The van der Waals surface area contributed by atoms with E-state index in [0.29, 0.717) is 31.5 Å². The molecular formula is C13H26N2O2. The molecule has 17 heavy (non-hydrogen) atoms. The van der Waals surface area contributed by atoms with Gasteiger partial charge >= 0.3 is 0 Å². The highest BCUT2D eigenvalue weighted by Gasteiger charge is 2.32. The van der Waals surface area contributed by atoms with Crippen LogP contribution in [-0.4, -0.2) is 43.7 Å². The van der Waals surface area contributed by atoms with E-state index < -0.39 is 0 Å². The summed E-state index contributed by atoms with van der Waals surface area (Å²) in [5.74, 6) is 0.760. The van der Waals surface area contributed by atoms with Gasteiger partial charge in [0.2, 0.25) is 5.91 Å². The summed E-state index contributed by atoms with van der Waals surface area (Å²) in [5, 5.41) is 0. The predicted molar refractivity (Wildman–Crippen MR) is 68.7 cm³/mol. The molecule has 4 nitrogen and oxygen atoms in total. The maximum Gasteiger partial charge on any atom is 0.222 e. The number of nitrogens with zero attached hydrogens (tertiary/aromatic N) is 1. The molecule has 1 aliphatic rings. The first kappa shape index (κ1) is 14.5. The van der Waals surface area contributed by atoms with Crippen molar-refractivity contribution in [1.29, 1.82) is 0 Å². The molecule has 2 atom stereocenters. The van der Waals surface area contributed by atoms with Crippen LogP contribution in [-0.2, 0) is 9.53 Å². The molecule has 0 bridgehead atoms. The second kappa shape index (κ2) is 7.67. The van der Waals surface area contributed by atoms with Crippen LogP contribution >= 0.6 is 0 Å². The molecule has 1 fully saturated rings. The number of ether oxygens (including phenoxy) is 1. The molecule has 4 heteroatoms. The Bertz CT molecular complexity index is 233. The van der Waals surface area contributed by atoms with E-state index in [1.165, 1.54) is 12.8 Å². The zero-order chi connectivity index (χ0) is 12.7. The monoisotopic (exact) mass is 242 g/mol. The van der Waals surface area contributed by atoms with E-state index >= 15 is 0 Å². The van der Waals surface area contributed by atoms with Gasteiger partial charge in [0.25, 0.3) is 0 Å². The van der Waals surface area contributed by atoms with Crippen molar-refractivity contribution in [2.24, 2.45) is 11.7 Å². The summed E-state index contributed by atoms with van der Waals surface area (Å²) < 4.78 is 4.98. The summed E-state index contributed by atoms with van der Waals surface area (Å²) in [5.41, 5.74) is 5.78. The lowest BCUT2D eigenvalue weighted by atomic mass is 10.0. The second-order valence-corrected chi connectivity index (χ2v) is 4.77. The fraction of sp³-hybridized carbons (Fsp3) is 0.923. The van der Waals surface area contributed by atoms with Gasteiger partial charge in [-0.05, 0) is 38.6 Å². The smallest absolute Gasteiger partial charge is 0.222 e. The minimum absolute atomic E-state index is 0.259. The molecule has 0 heterocycles. The summed E-state index contributed by atoms with van der Waals surface area (Å²) in [4.78, 5) is 14.2. The van der Waals surface area contributed by atoms with Gasteiger partial charge in [0, 0.05) is 32.7 Å². The number of amides is 1. The number of carbonyl (C=O) groups excluding carboxylic acids is 1. The Kier molecular flexibility index (Phi) is 6.52. The summed E-state index contributed by atoms with van der Waals surface area (Å²) in [6, 6.07) is 0.375. The Labute approximate surface area is 104 Å². The minimum atomic E-state index is 0.259. The van der Waals surface area contributed by atoms with Crippen LogP contribution in [0.3, 0.4) is 0 Å². The van der Waals surface area contributed by atoms with Gasteiger partial charge in [0.1, 0.15) is 0 Å². The van der Waals surface area contributed by atoms with Crippen LogP contribution in [0.1, 0.15) is 39.0 Å². The first-order chi connectivity index (χ1) is 8.24. The highest BCUT2D eigenvalue weighted by molar-refractivity contribution is 5.76. The predicted octanol–water partition coefficient (Wildman–Crippen LogP) is 1.39. The van der Waals surface area contributed by atoms with E-state index in [1.54, 1.807) is 7.11 Å². The molecule has 0 spiro atoms. The summed E-state index contributed by atoms with van der Waals surface area (Å²) in [6.45, 7) is 4.22. The van der Waals surface area contributed by atoms with Crippen LogP contribution in [0.25, 0.3) is 0 Å². The molecule has 0 radical (unpaired) electrons. The molecule has 1 aliphatic carbocycles. The Balaban J connectivity index is 2.48. The van der Waals surface area contributed by atoms with Gasteiger partial charge in [0.05, 0.1) is 0 Å². The quantitative estimate of drug-likeness (QED) is 0.686. The second-order valence-electron chi connectivity index (χ2n) is 4.77. The molecule has 2 unspecified atom stereocenters. The van der Waals surface area contributed by atoms with Crippen LogP contribution in [0.2, 0.25) is 0 Å². The third kappa shape index (κ3) is 3.96. The van der Waals surface area contributed by atoms with Crippen molar-refractivity contribution in [3.63, 3.8) is 0 Å². The molecule has 0 aromatic heterocycles. The highest BCUT2D eigenvalue weighted by atomic mass is 16.5. The summed E-state index contributed by atoms with van der Waals surface area (Å²) in [6.07, 6.45) is 4.89. The normalized spacial score (nSPS) is 23.9. The molecule has 0 aromatic rings. The average molecular weight is 242 g/mol. The molecule has 2 N–H and O–H groups in total. The molecule has 0 aliphatic heterocycles. The van der Waals surface area contributed by atoms with Crippen LogP contribution in [0.5, 0.6) is 0 Å². The van der Waals surface area contributed by atoms with E-state index in [1.807, 2.05) is 4.90 Å². The zero-order valence-corrected chi connectivity index (χ0v) is 11.2. The number of nitrogens with two attached hydrogens (primary N) is 1. The van der Waals surface area contributed by atoms with Crippen molar-refractivity contribution >= 4 is 5.91 Å². The van der Waals surface area contributed by atoms with Crippen molar-refractivity contribution in [3.05, 3.63) is 0 Å². The van der Waals surface area contributed by atoms with Gasteiger partial charge < -0.3 is 15.4 Å². The first-order valence-corrected chi connectivity index (χ1v) is 6.73. The fourth-order valence-electron chi connectivity index (χ4n) is 2.81. The third-order valence-corrected chi connectivity index (χ3v) is 3.72. The van der Waals surface area contributed by atoms with E-state index in [2.05, 4.69) is 6.92 Å². The third-order valence-electron chi connectivity index (χ3n) is 3.72. The van der Waals surface area contributed by atoms with Crippen molar-refractivity contribution in [2.75, 3.05) is 26.8 Å². The Morgan fingerprint density at radius 3 is 2.82 bits per heavy atom. The largest absolute Gasteiger partial charge is 0.385 e. The molecule has 1 saturated carbocycles. The maximum atomic E-state index is 12.1. The van der Waals surface area contributed by atoms with Crippen molar-refractivity contribution < 1.29 is 9.53 Å². The lowest BCUT2D eigenvalue weighted by molar-refractivity contribution is -0.134. The average Bonchev–Trinajstić information content (AvgIpc) is 2.78. The number of rotatable bonds is 7. The molecule has 1 amide bonds. The lowest BCUT2D eigenvalue weighted by Crippen LogP contribution is -2.44. The molecule has 1 rings (SSSR count). The van der Waals surface area contributed by atoms with Crippen LogP contribution in [0, 0.1) is 5.92 Å². The van der Waals surface area contributed by atoms with Crippen LogP contribution < -0.4 is 5.73 Å².